The second kappa shape index (κ2) is 12.2. The van der Waals surface area contributed by atoms with E-state index in [4.69, 9.17) is 19.9 Å². The zero-order chi connectivity index (χ0) is 17.2. The number of rotatable bonds is 10. The maximum atomic E-state index is 12.1. The largest absolute Gasteiger partial charge is 0.379 e. The van der Waals surface area contributed by atoms with E-state index in [2.05, 4.69) is 5.32 Å². The molecular formula is C18H29ClN2O4. The molecule has 25 heavy (non-hydrogen) atoms. The summed E-state index contributed by atoms with van der Waals surface area (Å²) >= 11 is 0. The van der Waals surface area contributed by atoms with Gasteiger partial charge in [0, 0.05) is 19.7 Å². The van der Waals surface area contributed by atoms with E-state index in [1.807, 2.05) is 31.2 Å². The van der Waals surface area contributed by atoms with E-state index in [1.165, 1.54) is 0 Å². The summed E-state index contributed by atoms with van der Waals surface area (Å²) in [4.78, 5) is 12.1. The zero-order valence-corrected chi connectivity index (χ0v) is 15.6. The third-order valence-electron chi connectivity index (χ3n) is 3.97. The zero-order valence-electron chi connectivity index (χ0n) is 14.7. The van der Waals surface area contributed by atoms with Gasteiger partial charge in [-0.05, 0) is 30.9 Å². The van der Waals surface area contributed by atoms with Crippen LogP contribution in [0.4, 0.5) is 0 Å². The summed E-state index contributed by atoms with van der Waals surface area (Å²) in [7, 11) is 0. The predicted octanol–water partition coefficient (Wildman–Crippen LogP) is 1.78. The molecule has 0 bridgehead atoms. The Kier molecular flexibility index (Phi) is 10.7. The minimum Gasteiger partial charge on any atom is -0.379 e. The molecule has 1 aromatic rings. The lowest BCUT2D eigenvalue weighted by molar-refractivity contribution is -0.132. The monoisotopic (exact) mass is 372 g/mol. The van der Waals surface area contributed by atoms with Gasteiger partial charge < -0.3 is 25.3 Å². The van der Waals surface area contributed by atoms with Crippen molar-refractivity contribution in [3.63, 3.8) is 0 Å². The van der Waals surface area contributed by atoms with Crippen molar-refractivity contribution in [1.82, 2.24) is 5.32 Å². The van der Waals surface area contributed by atoms with E-state index < -0.39 is 0 Å². The number of amides is 1. The Labute approximate surface area is 155 Å². The van der Waals surface area contributed by atoms with Crippen molar-refractivity contribution >= 4 is 18.3 Å². The normalized spacial score (nSPS) is 19.4. The van der Waals surface area contributed by atoms with Crippen LogP contribution in [0.25, 0.3) is 0 Å². The predicted molar refractivity (Wildman–Crippen MR) is 98.6 cm³/mol. The van der Waals surface area contributed by atoms with Crippen LogP contribution in [0.2, 0.25) is 0 Å². The molecule has 142 valence electrons. The molecule has 0 unspecified atom stereocenters. The molecule has 6 nitrogen and oxygen atoms in total. The van der Waals surface area contributed by atoms with Crippen LogP contribution < -0.4 is 11.1 Å². The van der Waals surface area contributed by atoms with E-state index in [9.17, 15) is 4.79 Å². The first-order chi connectivity index (χ1) is 11.7. The molecule has 2 atom stereocenters. The Morgan fingerprint density at radius 1 is 1.28 bits per heavy atom. The Hall–Kier alpha value is -1.18. The molecule has 1 saturated heterocycles. The Morgan fingerprint density at radius 2 is 2.04 bits per heavy atom. The van der Waals surface area contributed by atoms with Gasteiger partial charge >= 0.3 is 0 Å². The number of nitrogens with one attached hydrogen (secondary N) is 1. The molecule has 1 aliphatic rings. The standard InChI is InChI=1S/C18H28N2O4.ClH/c1-2-22-8-9-23-13-15-5-3-4-14(10-15)12-20-18(21)17-7-6-16(11-19)24-17;/h3-5,10,16-17H,2,6-9,11-13,19H2,1H3,(H,20,21);1H/t16-,17+;/m1./s1. The third-order valence-corrected chi connectivity index (χ3v) is 3.97. The van der Waals surface area contributed by atoms with Gasteiger partial charge in [0.1, 0.15) is 6.10 Å². The van der Waals surface area contributed by atoms with Crippen molar-refractivity contribution < 1.29 is 19.0 Å². The van der Waals surface area contributed by atoms with Crippen LogP contribution in [0, 0.1) is 0 Å². The second-order valence-corrected chi connectivity index (χ2v) is 5.85. The molecule has 1 amide bonds. The Bertz CT molecular complexity index is 516. The Balaban J connectivity index is 0.00000312. The highest BCUT2D eigenvalue weighted by atomic mass is 35.5. The average molecular weight is 373 g/mol. The van der Waals surface area contributed by atoms with Crippen molar-refractivity contribution in [3.8, 4) is 0 Å². The lowest BCUT2D eigenvalue weighted by Crippen LogP contribution is -2.35. The number of halogens is 1. The average Bonchev–Trinajstić information content (AvgIpc) is 3.09. The van der Waals surface area contributed by atoms with Crippen LogP contribution in [0.1, 0.15) is 30.9 Å². The molecular weight excluding hydrogens is 344 g/mol. The minimum absolute atomic E-state index is 0. The van der Waals surface area contributed by atoms with Gasteiger partial charge in [-0.25, -0.2) is 0 Å². The smallest absolute Gasteiger partial charge is 0.249 e. The number of carbonyl (C=O) groups excluding carboxylic acids is 1. The van der Waals surface area contributed by atoms with Crippen molar-refractivity contribution in [2.45, 2.75) is 45.1 Å². The van der Waals surface area contributed by atoms with Gasteiger partial charge in [-0.15, -0.1) is 12.4 Å². The van der Waals surface area contributed by atoms with Gasteiger partial charge in [0.25, 0.3) is 0 Å². The second-order valence-electron chi connectivity index (χ2n) is 5.85. The molecule has 0 aromatic heterocycles. The van der Waals surface area contributed by atoms with Crippen molar-refractivity contribution in [2.24, 2.45) is 5.73 Å². The summed E-state index contributed by atoms with van der Waals surface area (Å²) < 4.78 is 16.4. The van der Waals surface area contributed by atoms with E-state index in [-0.39, 0.29) is 30.5 Å². The minimum atomic E-state index is -0.372. The molecule has 1 aromatic carbocycles. The first-order valence-electron chi connectivity index (χ1n) is 8.59. The molecule has 0 spiro atoms. The lowest BCUT2D eigenvalue weighted by Gasteiger charge is -2.13. The van der Waals surface area contributed by atoms with Crippen LogP contribution in [0.3, 0.4) is 0 Å². The summed E-state index contributed by atoms with van der Waals surface area (Å²) in [5, 5.41) is 2.93. The van der Waals surface area contributed by atoms with Crippen molar-refractivity contribution in [2.75, 3.05) is 26.4 Å². The van der Waals surface area contributed by atoms with E-state index >= 15 is 0 Å². The van der Waals surface area contributed by atoms with Crippen LogP contribution >= 0.6 is 12.4 Å². The van der Waals surface area contributed by atoms with Crippen LogP contribution in [-0.2, 0) is 32.2 Å². The fourth-order valence-electron chi connectivity index (χ4n) is 2.66. The van der Waals surface area contributed by atoms with Gasteiger partial charge in [-0.3, -0.25) is 4.79 Å². The molecule has 7 heteroatoms. The first-order valence-corrected chi connectivity index (χ1v) is 8.59. The Morgan fingerprint density at radius 3 is 2.76 bits per heavy atom. The SMILES string of the molecule is CCOCCOCc1cccc(CNC(=O)[C@@H]2CC[C@H](CN)O2)c1.Cl. The maximum absolute atomic E-state index is 12.1. The van der Waals surface area contributed by atoms with Gasteiger partial charge in [0.15, 0.2) is 0 Å². The fraction of sp³-hybridized carbons (Fsp3) is 0.611. The highest BCUT2D eigenvalue weighted by Gasteiger charge is 2.29. The number of hydrogen-bond donors (Lipinski definition) is 2. The summed E-state index contributed by atoms with van der Waals surface area (Å²) in [6.45, 7) is 5.35. The van der Waals surface area contributed by atoms with Crippen molar-refractivity contribution in [3.05, 3.63) is 35.4 Å². The number of nitrogens with two attached hydrogens (primary N) is 1. The fourth-order valence-corrected chi connectivity index (χ4v) is 2.66. The molecule has 3 N–H and O–H groups in total. The quantitative estimate of drug-likeness (QED) is 0.612. The molecule has 0 aliphatic carbocycles. The maximum Gasteiger partial charge on any atom is 0.249 e. The number of benzene rings is 1. The molecule has 1 aliphatic heterocycles. The van der Waals surface area contributed by atoms with Crippen LogP contribution in [0.15, 0.2) is 24.3 Å². The van der Waals surface area contributed by atoms with E-state index in [0.717, 1.165) is 24.0 Å². The van der Waals surface area contributed by atoms with E-state index in [1.54, 1.807) is 0 Å². The summed E-state index contributed by atoms with van der Waals surface area (Å²) in [5.41, 5.74) is 7.69. The van der Waals surface area contributed by atoms with Gasteiger partial charge in [0.05, 0.1) is 25.9 Å². The van der Waals surface area contributed by atoms with Gasteiger partial charge in [-0.1, -0.05) is 24.3 Å². The lowest BCUT2D eigenvalue weighted by atomic mass is 10.1. The van der Waals surface area contributed by atoms with E-state index in [0.29, 0.717) is 39.5 Å². The van der Waals surface area contributed by atoms with Gasteiger partial charge in [-0.2, -0.15) is 0 Å². The van der Waals surface area contributed by atoms with Crippen LogP contribution in [-0.4, -0.2) is 44.5 Å². The number of carbonyl (C=O) groups is 1. The summed E-state index contributed by atoms with van der Waals surface area (Å²) in [6, 6.07) is 8.01. The van der Waals surface area contributed by atoms with Crippen LogP contribution in [0.5, 0.6) is 0 Å². The van der Waals surface area contributed by atoms with Crippen molar-refractivity contribution in [1.29, 1.82) is 0 Å². The highest BCUT2D eigenvalue weighted by molar-refractivity contribution is 5.85. The molecule has 0 saturated carbocycles. The molecule has 1 fully saturated rings. The summed E-state index contributed by atoms with van der Waals surface area (Å²) in [5.74, 6) is -0.0654. The number of hydrogen-bond acceptors (Lipinski definition) is 5. The van der Waals surface area contributed by atoms with Gasteiger partial charge in [0.2, 0.25) is 5.91 Å². The third kappa shape index (κ3) is 7.71. The molecule has 0 radical (unpaired) electrons. The number of ether oxygens (including phenoxy) is 3. The molecule has 2 rings (SSSR count). The topological polar surface area (TPSA) is 82.8 Å². The first kappa shape index (κ1) is 21.9. The highest BCUT2D eigenvalue weighted by Crippen LogP contribution is 2.19. The molecule has 1 heterocycles. The summed E-state index contributed by atoms with van der Waals surface area (Å²) in [6.07, 6.45) is 1.23.